The molecule has 0 aliphatic rings. The predicted molar refractivity (Wildman–Crippen MR) is 58.9 cm³/mol. The molecule has 4 heteroatoms. The van der Waals surface area contributed by atoms with Gasteiger partial charge in [0.05, 0.1) is 0 Å². The van der Waals surface area contributed by atoms with Crippen molar-refractivity contribution in [3.8, 4) is 0 Å². The zero-order valence-electron chi connectivity index (χ0n) is 9.77. The van der Waals surface area contributed by atoms with Gasteiger partial charge < -0.3 is 9.59 Å². The highest BCUT2D eigenvalue weighted by Gasteiger charge is 2.28. The molecule has 90 valence electrons. The Bertz CT molecular complexity index is 270. The van der Waals surface area contributed by atoms with Crippen molar-refractivity contribution in [3.05, 3.63) is 0 Å². The number of ketones is 2. The van der Waals surface area contributed by atoms with Gasteiger partial charge in [-0.15, -0.1) is 0 Å². The second kappa shape index (κ2) is 7.91. The first-order valence-electron chi connectivity index (χ1n) is 5.54. The van der Waals surface area contributed by atoms with Gasteiger partial charge >= 0.3 is 0 Å². The molecule has 0 aromatic heterocycles. The quantitative estimate of drug-likeness (QED) is 0.439. The van der Waals surface area contributed by atoms with E-state index in [9.17, 15) is 19.2 Å². The molecule has 0 aromatic carbocycles. The Morgan fingerprint density at radius 1 is 1.25 bits per heavy atom. The summed E-state index contributed by atoms with van der Waals surface area (Å²) in [6.45, 7) is 3.53. The molecule has 0 heterocycles. The molecule has 0 N–H and O–H groups in total. The van der Waals surface area contributed by atoms with Crippen LogP contribution in [0.3, 0.4) is 0 Å². The number of rotatable bonds is 9. The molecule has 0 aliphatic heterocycles. The van der Waals surface area contributed by atoms with Gasteiger partial charge in [0.2, 0.25) is 5.78 Å². The van der Waals surface area contributed by atoms with Crippen LogP contribution in [0.4, 0.5) is 0 Å². The lowest BCUT2D eigenvalue weighted by Gasteiger charge is -2.16. The summed E-state index contributed by atoms with van der Waals surface area (Å²) in [5, 5.41) is 0. The Morgan fingerprint density at radius 3 is 2.31 bits per heavy atom. The van der Waals surface area contributed by atoms with Crippen molar-refractivity contribution in [2.75, 3.05) is 0 Å². The average molecular weight is 226 g/mol. The van der Waals surface area contributed by atoms with Crippen LogP contribution in [-0.2, 0) is 19.2 Å². The number of Topliss-reactive ketones (excluding diaryl/α,β-unsaturated/α-hetero) is 2. The zero-order valence-corrected chi connectivity index (χ0v) is 9.77. The van der Waals surface area contributed by atoms with Crippen LogP contribution in [0, 0.1) is 11.8 Å². The summed E-state index contributed by atoms with van der Waals surface area (Å²) in [6.07, 6.45) is 2.61. The highest BCUT2D eigenvalue weighted by Crippen LogP contribution is 2.18. The maximum absolute atomic E-state index is 11.7. The standard InChI is InChI=1S/C12H18O4/c1-3-5-10(9(2)8-14)12(16)11(15)6-4-7-13/h7-10H,3-6H2,1-2H3. The molecule has 0 amide bonds. The lowest BCUT2D eigenvalue weighted by Crippen LogP contribution is -2.29. The van der Waals surface area contributed by atoms with E-state index in [0.29, 0.717) is 19.0 Å². The predicted octanol–water partition coefficient (Wildman–Crippen LogP) is 1.35. The summed E-state index contributed by atoms with van der Waals surface area (Å²) in [5.41, 5.74) is 0. The van der Waals surface area contributed by atoms with Crippen molar-refractivity contribution in [2.24, 2.45) is 11.8 Å². The molecular formula is C12H18O4. The summed E-state index contributed by atoms with van der Waals surface area (Å²) < 4.78 is 0. The van der Waals surface area contributed by atoms with Crippen LogP contribution in [0.1, 0.15) is 39.5 Å². The first kappa shape index (κ1) is 14.7. The van der Waals surface area contributed by atoms with Crippen LogP contribution in [0.25, 0.3) is 0 Å². The van der Waals surface area contributed by atoms with Gasteiger partial charge in [0.15, 0.2) is 5.78 Å². The third kappa shape index (κ3) is 4.47. The highest BCUT2D eigenvalue weighted by atomic mass is 16.2. The Morgan fingerprint density at radius 2 is 1.88 bits per heavy atom. The molecule has 0 aliphatic carbocycles. The fraction of sp³-hybridized carbons (Fsp3) is 0.667. The molecule has 0 fully saturated rings. The zero-order chi connectivity index (χ0) is 12.6. The largest absolute Gasteiger partial charge is 0.303 e. The lowest BCUT2D eigenvalue weighted by molar-refractivity contribution is -0.141. The molecule has 16 heavy (non-hydrogen) atoms. The number of carbonyl (C=O) groups is 4. The van der Waals surface area contributed by atoms with Gasteiger partial charge in [0.25, 0.3) is 0 Å². The summed E-state index contributed by atoms with van der Waals surface area (Å²) in [5.74, 6) is -2.02. The number of carbonyl (C=O) groups excluding carboxylic acids is 4. The second-order valence-electron chi connectivity index (χ2n) is 3.88. The molecular weight excluding hydrogens is 208 g/mol. The fourth-order valence-electron chi connectivity index (χ4n) is 1.56. The summed E-state index contributed by atoms with van der Waals surface area (Å²) in [7, 11) is 0. The van der Waals surface area contributed by atoms with Crippen molar-refractivity contribution in [1.29, 1.82) is 0 Å². The minimum absolute atomic E-state index is 0.0475. The smallest absolute Gasteiger partial charge is 0.202 e. The van der Waals surface area contributed by atoms with Crippen molar-refractivity contribution in [3.63, 3.8) is 0 Å². The van der Waals surface area contributed by atoms with E-state index in [1.54, 1.807) is 6.92 Å². The van der Waals surface area contributed by atoms with Gasteiger partial charge in [-0.2, -0.15) is 0 Å². The van der Waals surface area contributed by atoms with Crippen molar-refractivity contribution in [2.45, 2.75) is 39.5 Å². The lowest BCUT2D eigenvalue weighted by atomic mass is 9.85. The molecule has 4 nitrogen and oxygen atoms in total. The van der Waals surface area contributed by atoms with E-state index in [-0.39, 0.29) is 12.8 Å². The van der Waals surface area contributed by atoms with E-state index in [1.165, 1.54) is 0 Å². The van der Waals surface area contributed by atoms with Gasteiger partial charge in [-0.05, 0) is 6.42 Å². The van der Waals surface area contributed by atoms with E-state index in [2.05, 4.69) is 0 Å². The van der Waals surface area contributed by atoms with Gasteiger partial charge in [-0.1, -0.05) is 20.3 Å². The molecule has 0 rings (SSSR count). The Kier molecular flexibility index (Phi) is 7.25. The molecule has 0 spiro atoms. The number of hydrogen-bond acceptors (Lipinski definition) is 4. The maximum atomic E-state index is 11.7. The Balaban J connectivity index is 4.53. The fourth-order valence-corrected chi connectivity index (χ4v) is 1.56. The van der Waals surface area contributed by atoms with Crippen LogP contribution in [0.5, 0.6) is 0 Å². The first-order valence-corrected chi connectivity index (χ1v) is 5.54. The minimum atomic E-state index is -0.542. The van der Waals surface area contributed by atoms with Crippen LogP contribution in [0.2, 0.25) is 0 Å². The first-order chi connectivity index (χ1) is 7.58. The molecule has 2 unspecified atom stereocenters. The van der Waals surface area contributed by atoms with Crippen molar-refractivity contribution < 1.29 is 19.2 Å². The summed E-state index contributed by atoms with van der Waals surface area (Å²) >= 11 is 0. The van der Waals surface area contributed by atoms with Gasteiger partial charge in [-0.25, -0.2) is 0 Å². The highest BCUT2D eigenvalue weighted by molar-refractivity contribution is 6.38. The van der Waals surface area contributed by atoms with Gasteiger partial charge in [-0.3, -0.25) is 9.59 Å². The van der Waals surface area contributed by atoms with E-state index in [1.807, 2.05) is 6.92 Å². The van der Waals surface area contributed by atoms with Crippen LogP contribution in [0.15, 0.2) is 0 Å². The van der Waals surface area contributed by atoms with Crippen LogP contribution in [-0.4, -0.2) is 24.1 Å². The SMILES string of the molecule is CCCC(C(=O)C(=O)CCC=O)C(C)C=O. The Labute approximate surface area is 95.4 Å². The third-order valence-corrected chi connectivity index (χ3v) is 2.55. The van der Waals surface area contributed by atoms with Gasteiger partial charge in [0, 0.05) is 24.7 Å². The average Bonchev–Trinajstić information content (AvgIpc) is 2.31. The van der Waals surface area contributed by atoms with E-state index < -0.39 is 23.4 Å². The van der Waals surface area contributed by atoms with E-state index >= 15 is 0 Å². The summed E-state index contributed by atoms with van der Waals surface area (Å²) in [4.78, 5) is 43.9. The van der Waals surface area contributed by atoms with E-state index in [4.69, 9.17) is 0 Å². The Hall–Kier alpha value is -1.32. The second-order valence-corrected chi connectivity index (χ2v) is 3.88. The third-order valence-electron chi connectivity index (χ3n) is 2.55. The van der Waals surface area contributed by atoms with Crippen molar-refractivity contribution >= 4 is 24.1 Å². The number of aldehydes is 2. The number of hydrogen-bond donors (Lipinski definition) is 0. The van der Waals surface area contributed by atoms with E-state index in [0.717, 1.165) is 6.42 Å². The molecule has 0 radical (unpaired) electrons. The molecule has 0 saturated carbocycles. The van der Waals surface area contributed by atoms with Crippen LogP contribution < -0.4 is 0 Å². The van der Waals surface area contributed by atoms with Crippen LogP contribution >= 0.6 is 0 Å². The van der Waals surface area contributed by atoms with Crippen molar-refractivity contribution in [1.82, 2.24) is 0 Å². The normalized spacial score (nSPS) is 13.9. The molecule has 0 bridgehead atoms. The maximum Gasteiger partial charge on any atom is 0.202 e. The monoisotopic (exact) mass is 226 g/mol. The molecule has 0 aromatic rings. The van der Waals surface area contributed by atoms with Gasteiger partial charge in [0.1, 0.15) is 12.6 Å². The molecule has 2 atom stereocenters. The topological polar surface area (TPSA) is 68.3 Å². The summed E-state index contributed by atoms with van der Waals surface area (Å²) in [6, 6.07) is 0. The molecule has 0 saturated heterocycles. The minimum Gasteiger partial charge on any atom is -0.303 e.